The van der Waals surface area contributed by atoms with Gasteiger partial charge in [-0.05, 0) is 24.6 Å². The van der Waals surface area contributed by atoms with Crippen molar-refractivity contribution >= 4 is 11.8 Å². The summed E-state index contributed by atoms with van der Waals surface area (Å²) < 4.78 is 5.88. The van der Waals surface area contributed by atoms with Crippen LogP contribution in [0.5, 0.6) is 5.75 Å². The van der Waals surface area contributed by atoms with Gasteiger partial charge in [-0.3, -0.25) is 0 Å². The Morgan fingerprint density at radius 2 is 2.31 bits per heavy atom. The van der Waals surface area contributed by atoms with E-state index >= 15 is 0 Å². The Balaban J connectivity index is 1.79. The Labute approximate surface area is 102 Å². The molecule has 0 saturated heterocycles. The van der Waals surface area contributed by atoms with Gasteiger partial charge in [0.1, 0.15) is 11.9 Å². The lowest BCUT2D eigenvalue weighted by Crippen LogP contribution is -2.18. The van der Waals surface area contributed by atoms with Gasteiger partial charge in [-0.2, -0.15) is 11.8 Å². The molecule has 16 heavy (non-hydrogen) atoms. The molecule has 2 N–H and O–H groups in total. The minimum absolute atomic E-state index is 0.350. The van der Waals surface area contributed by atoms with Gasteiger partial charge in [-0.1, -0.05) is 25.1 Å². The van der Waals surface area contributed by atoms with E-state index in [1.54, 1.807) is 0 Å². The number of rotatable bonds is 5. The first-order valence-electron chi connectivity index (χ1n) is 5.86. The maximum atomic E-state index is 5.88. The summed E-state index contributed by atoms with van der Waals surface area (Å²) in [5.74, 6) is 2.13. The number of thioether (sulfide) groups is 1. The van der Waals surface area contributed by atoms with E-state index in [2.05, 4.69) is 25.1 Å². The normalized spacial score (nSPS) is 20.2. The van der Waals surface area contributed by atoms with Gasteiger partial charge >= 0.3 is 0 Å². The molecule has 1 aromatic carbocycles. The van der Waals surface area contributed by atoms with Crippen LogP contribution in [0.15, 0.2) is 24.3 Å². The van der Waals surface area contributed by atoms with Crippen molar-refractivity contribution in [1.82, 2.24) is 0 Å². The molecule has 2 rings (SSSR count). The quantitative estimate of drug-likeness (QED) is 0.854. The van der Waals surface area contributed by atoms with Crippen LogP contribution in [0.1, 0.15) is 18.9 Å². The van der Waals surface area contributed by atoms with Crippen molar-refractivity contribution in [2.24, 2.45) is 5.73 Å². The number of para-hydroxylation sites is 1. The summed E-state index contributed by atoms with van der Waals surface area (Å²) in [5.41, 5.74) is 6.88. The topological polar surface area (TPSA) is 35.2 Å². The molecule has 2 nitrogen and oxygen atoms in total. The number of benzene rings is 1. The Morgan fingerprint density at radius 1 is 1.50 bits per heavy atom. The molecule has 0 fully saturated rings. The lowest BCUT2D eigenvalue weighted by Gasteiger charge is -2.14. The lowest BCUT2D eigenvalue weighted by molar-refractivity contribution is 0.259. The van der Waals surface area contributed by atoms with Gasteiger partial charge in [0, 0.05) is 17.4 Å². The summed E-state index contributed by atoms with van der Waals surface area (Å²) in [4.78, 5) is 0. The van der Waals surface area contributed by atoms with E-state index in [1.807, 2.05) is 17.8 Å². The van der Waals surface area contributed by atoms with Gasteiger partial charge in [0.15, 0.2) is 0 Å². The molecule has 0 amide bonds. The van der Waals surface area contributed by atoms with Crippen molar-refractivity contribution in [3.05, 3.63) is 29.8 Å². The van der Waals surface area contributed by atoms with Crippen LogP contribution >= 0.6 is 11.8 Å². The summed E-state index contributed by atoms with van der Waals surface area (Å²) >= 11 is 1.96. The van der Waals surface area contributed by atoms with Crippen LogP contribution < -0.4 is 10.5 Å². The van der Waals surface area contributed by atoms with Crippen LogP contribution in [0.3, 0.4) is 0 Å². The average Bonchev–Trinajstić information content (AvgIpc) is 2.69. The first kappa shape index (κ1) is 11.8. The fraction of sp³-hybridized carbons (Fsp3) is 0.538. The molecule has 88 valence electrons. The van der Waals surface area contributed by atoms with E-state index in [1.165, 1.54) is 5.56 Å². The van der Waals surface area contributed by atoms with E-state index in [0.717, 1.165) is 30.9 Å². The second-order valence-electron chi connectivity index (χ2n) is 4.27. The zero-order valence-corrected chi connectivity index (χ0v) is 10.5. The highest BCUT2D eigenvalue weighted by atomic mass is 32.2. The summed E-state index contributed by atoms with van der Waals surface area (Å²) in [6, 6.07) is 8.33. The van der Waals surface area contributed by atoms with E-state index in [9.17, 15) is 0 Å². The highest BCUT2D eigenvalue weighted by Crippen LogP contribution is 2.30. The number of ether oxygens (including phenoxy) is 1. The number of hydrogen-bond donors (Lipinski definition) is 1. The van der Waals surface area contributed by atoms with E-state index < -0.39 is 0 Å². The molecule has 0 radical (unpaired) electrons. The van der Waals surface area contributed by atoms with Crippen LogP contribution in [0.4, 0.5) is 0 Å². The van der Waals surface area contributed by atoms with Crippen molar-refractivity contribution in [2.75, 3.05) is 12.3 Å². The van der Waals surface area contributed by atoms with Gasteiger partial charge < -0.3 is 10.5 Å². The zero-order valence-electron chi connectivity index (χ0n) is 9.69. The molecule has 2 unspecified atom stereocenters. The number of nitrogens with two attached hydrogens (primary N) is 1. The summed E-state index contributed by atoms with van der Waals surface area (Å²) in [6.45, 7) is 3.01. The molecule has 2 atom stereocenters. The zero-order chi connectivity index (χ0) is 11.4. The van der Waals surface area contributed by atoms with Gasteiger partial charge in [0.2, 0.25) is 0 Å². The van der Waals surface area contributed by atoms with Crippen LogP contribution in [0.2, 0.25) is 0 Å². The molecule has 0 bridgehead atoms. The lowest BCUT2D eigenvalue weighted by atomic mass is 10.1. The van der Waals surface area contributed by atoms with Crippen LogP contribution in [0, 0.1) is 0 Å². The molecule has 0 aliphatic carbocycles. The molecular formula is C13H19NOS. The SMILES string of the molecule is CC(CCN)SCC1Cc2ccccc2O1. The van der Waals surface area contributed by atoms with Crippen LogP contribution in [-0.2, 0) is 6.42 Å². The van der Waals surface area contributed by atoms with Crippen molar-refractivity contribution in [3.63, 3.8) is 0 Å². The van der Waals surface area contributed by atoms with Crippen LogP contribution in [-0.4, -0.2) is 23.7 Å². The molecule has 0 spiro atoms. The molecule has 1 aliphatic rings. The number of fused-ring (bicyclic) bond motifs is 1. The van der Waals surface area contributed by atoms with Gasteiger partial charge in [0.05, 0.1) is 0 Å². The Hall–Kier alpha value is -0.670. The van der Waals surface area contributed by atoms with E-state index in [0.29, 0.717) is 11.4 Å². The molecule has 1 heterocycles. The second-order valence-corrected chi connectivity index (χ2v) is 5.74. The largest absolute Gasteiger partial charge is 0.489 e. The average molecular weight is 237 g/mol. The third kappa shape index (κ3) is 2.92. The highest BCUT2D eigenvalue weighted by molar-refractivity contribution is 7.99. The third-order valence-electron chi connectivity index (χ3n) is 2.85. The van der Waals surface area contributed by atoms with Gasteiger partial charge in [-0.15, -0.1) is 0 Å². The highest BCUT2D eigenvalue weighted by Gasteiger charge is 2.22. The molecule has 1 aliphatic heterocycles. The summed E-state index contributed by atoms with van der Waals surface area (Å²) in [6.07, 6.45) is 2.49. The summed E-state index contributed by atoms with van der Waals surface area (Å²) in [5, 5.41) is 0.636. The van der Waals surface area contributed by atoms with Crippen molar-refractivity contribution in [1.29, 1.82) is 0 Å². The van der Waals surface area contributed by atoms with Crippen molar-refractivity contribution < 1.29 is 4.74 Å². The third-order valence-corrected chi connectivity index (χ3v) is 4.22. The van der Waals surface area contributed by atoms with Gasteiger partial charge in [-0.25, -0.2) is 0 Å². The van der Waals surface area contributed by atoms with Crippen LogP contribution in [0.25, 0.3) is 0 Å². The fourth-order valence-corrected chi connectivity index (χ4v) is 2.97. The maximum absolute atomic E-state index is 5.88. The van der Waals surface area contributed by atoms with Gasteiger partial charge in [0.25, 0.3) is 0 Å². The minimum Gasteiger partial charge on any atom is -0.489 e. The molecular weight excluding hydrogens is 218 g/mol. The minimum atomic E-state index is 0.350. The Kier molecular flexibility index (Phi) is 4.13. The fourth-order valence-electron chi connectivity index (χ4n) is 1.94. The molecule has 1 aromatic rings. The predicted molar refractivity (Wildman–Crippen MR) is 70.2 cm³/mol. The standard InChI is InChI=1S/C13H19NOS/c1-10(6-7-14)16-9-12-8-11-4-2-3-5-13(11)15-12/h2-5,10,12H,6-9,14H2,1H3. The van der Waals surface area contributed by atoms with Crippen molar-refractivity contribution in [2.45, 2.75) is 31.1 Å². The molecule has 0 aromatic heterocycles. The van der Waals surface area contributed by atoms with E-state index in [4.69, 9.17) is 10.5 Å². The number of hydrogen-bond acceptors (Lipinski definition) is 3. The smallest absolute Gasteiger partial charge is 0.123 e. The van der Waals surface area contributed by atoms with E-state index in [-0.39, 0.29) is 0 Å². The second kappa shape index (κ2) is 5.60. The molecule has 3 heteroatoms. The van der Waals surface area contributed by atoms with Crippen molar-refractivity contribution in [3.8, 4) is 5.75 Å². The maximum Gasteiger partial charge on any atom is 0.123 e. The Bertz CT molecular complexity index is 317. The Morgan fingerprint density at radius 3 is 3.06 bits per heavy atom. The summed E-state index contributed by atoms with van der Waals surface area (Å²) in [7, 11) is 0. The first-order valence-corrected chi connectivity index (χ1v) is 6.90. The molecule has 0 saturated carbocycles. The monoisotopic (exact) mass is 237 g/mol. The first-order chi connectivity index (χ1) is 7.79. The predicted octanol–water partition coefficient (Wildman–Crippen LogP) is 2.46.